The van der Waals surface area contributed by atoms with Gasteiger partial charge in [0.2, 0.25) is 0 Å². The lowest BCUT2D eigenvalue weighted by Crippen LogP contribution is -2.19. The maximum absolute atomic E-state index is 12.0. The first-order valence-electron chi connectivity index (χ1n) is 8.03. The summed E-state index contributed by atoms with van der Waals surface area (Å²) >= 11 is 0. The SMILES string of the molecule is O=C(Nc1cc(=O)cc[nH]1)OCC1c2ccccc2-c2ccccc21. The molecule has 1 aromatic heterocycles. The molecule has 1 amide bonds. The van der Waals surface area contributed by atoms with Crippen molar-refractivity contribution in [2.75, 3.05) is 11.9 Å². The summed E-state index contributed by atoms with van der Waals surface area (Å²) in [6.07, 6.45) is 0.880. The molecule has 0 aliphatic heterocycles. The molecule has 5 heteroatoms. The standard InChI is InChI=1S/C20H16N2O3/c23-13-9-10-21-19(11-13)22-20(24)25-12-18-16-7-3-1-5-14(16)15-6-2-4-8-17(15)18/h1-11,18H,12H2,(H2,21,22,23,24). The van der Waals surface area contributed by atoms with Crippen molar-refractivity contribution in [2.45, 2.75) is 5.92 Å². The number of aromatic nitrogens is 1. The number of ether oxygens (including phenoxy) is 1. The van der Waals surface area contributed by atoms with E-state index >= 15 is 0 Å². The molecule has 0 saturated carbocycles. The summed E-state index contributed by atoms with van der Waals surface area (Å²) in [6.45, 7) is 0.233. The first-order chi connectivity index (χ1) is 12.2. The van der Waals surface area contributed by atoms with Crippen LogP contribution in [0.4, 0.5) is 10.6 Å². The van der Waals surface area contributed by atoms with Gasteiger partial charge in [-0.1, -0.05) is 48.5 Å². The number of hydrogen-bond donors (Lipinski definition) is 2. The van der Waals surface area contributed by atoms with Crippen molar-refractivity contribution in [2.24, 2.45) is 0 Å². The highest BCUT2D eigenvalue weighted by atomic mass is 16.5. The van der Waals surface area contributed by atoms with Gasteiger partial charge < -0.3 is 9.72 Å². The third kappa shape index (κ3) is 2.92. The summed E-state index contributed by atoms with van der Waals surface area (Å²) in [5.74, 6) is 0.317. The Morgan fingerprint density at radius 1 is 1.00 bits per heavy atom. The van der Waals surface area contributed by atoms with Crippen LogP contribution in [0.25, 0.3) is 11.1 Å². The van der Waals surface area contributed by atoms with Gasteiger partial charge in [0.15, 0.2) is 5.43 Å². The molecule has 0 bridgehead atoms. The summed E-state index contributed by atoms with van der Waals surface area (Å²) in [4.78, 5) is 26.1. The number of fused-ring (bicyclic) bond motifs is 3. The zero-order valence-electron chi connectivity index (χ0n) is 13.4. The van der Waals surface area contributed by atoms with Crippen LogP contribution in [0.5, 0.6) is 0 Å². The number of benzene rings is 2. The van der Waals surface area contributed by atoms with Crippen molar-refractivity contribution < 1.29 is 9.53 Å². The lowest BCUT2D eigenvalue weighted by atomic mass is 9.98. The molecule has 1 aliphatic carbocycles. The molecule has 2 N–H and O–H groups in total. The van der Waals surface area contributed by atoms with Gasteiger partial charge >= 0.3 is 6.09 Å². The van der Waals surface area contributed by atoms with Gasteiger partial charge in [-0.25, -0.2) is 4.79 Å². The molecule has 124 valence electrons. The number of amides is 1. The summed E-state index contributed by atoms with van der Waals surface area (Å²) in [5.41, 5.74) is 4.49. The molecule has 0 saturated heterocycles. The molecule has 0 radical (unpaired) electrons. The van der Waals surface area contributed by atoms with Crippen LogP contribution in [0, 0.1) is 0 Å². The molecule has 0 fully saturated rings. The second kappa shape index (κ2) is 6.28. The molecular formula is C20H16N2O3. The fourth-order valence-electron chi connectivity index (χ4n) is 3.26. The zero-order chi connectivity index (χ0) is 17.2. The number of hydrogen-bond acceptors (Lipinski definition) is 3. The number of nitrogens with one attached hydrogen (secondary N) is 2. The van der Waals surface area contributed by atoms with E-state index in [0.717, 1.165) is 11.1 Å². The normalized spacial score (nSPS) is 12.3. The van der Waals surface area contributed by atoms with E-state index in [0.29, 0.717) is 5.82 Å². The van der Waals surface area contributed by atoms with Crippen LogP contribution in [-0.4, -0.2) is 17.7 Å². The second-order valence-corrected chi connectivity index (χ2v) is 5.89. The first-order valence-corrected chi connectivity index (χ1v) is 8.03. The Morgan fingerprint density at radius 2 is 1.64 bits per heavy atom. The molecule has 25 heavy (non-hydrogen) atoms. The quantitative estimate of drug-likeness (QED) is 0.767. The van der Waals surface area contributed by atoms with Crippen molar-refractivity contribution in [3.8, 4) is 11.1 Å². The Bertz CT molecular complexity index is 948. The zero-order valence-corrected chi connectivity index (χ0v) is 13.4. The molecule has 4 rings (SSSR count). The molecule has 0 unspecified atom stereocenters. The second-order valence-electron chi connectivity index (χ2n) is 5.89. The molecule has 5 nitrogen and oxygen atoms in total. The third-order valence-corrected chi connectivity index (χ3v) is 4.35. The number of carbonyl (C=O) groups excluding carboxylic acids is 1. The van der Waals surface area contributed by atoms with Gasteiger partial charge in [-0.15, -0.1) is 0 Å². The fourth-order valence-corrected chi connectivity index (χ4v) is 3.26. The van der Waals surface area contributed by atoms with E-state index < -0.39 is 6.09 Å². The molecule has 1 aliphatic rings. The predicted octanol–water partition coefficient (Wildman–Crippen LogP) is 3.74. The fraction of sp³-hybridized carbons (Fsp3) is 0.100. The van der Waals surface area contributed by atoms with Crippen LogP contribution < -0.4 is 10.7 Å². The average Bonchev–Trinajstić information content (AvgIpc) is 2.94. The molecule has 2 aromatic carbocycles. The molecular weight excluding hydrogens is 316 g/mol. The van der Waals surface area contributed by atoms with Crippen LogP contribution in [0.3, 0.4) is 0 Å². The van der Waals surface area contributed by atoms with E-state index in [4.69, 9.17) is 4.74 Å². The van der Waals surface area contributed by atoms with Gasteiger partial charge in [0.25, 0.3) is 0 Å². The van der Waals surface area contributed by atoms with E-state index in [1.54, 1.807) is 0 Å². The first kappa shape index (κ1) is 15.2. The van der Waals surface area contributed by atoms with Gasteiger partial charge in [0.05, 0.1) is 0 Å². The lowest BCUT2D eigenvalue weighted by Gasteiger charge is -2.14. The van der Waals surface area contributed by atoms with E-state index in [-0.39, 0.29) is 18.0 Å². The highest BCUT2D eigenvalue weighted by molar-refractivity contribution is 5.83. The van der Waals surface area contributed by atoms with Crippen molar-refractivity contribution in [1.82, 2.24) is 4.98 Å². The topological polar surface area (TPSA) is 71.2 Å². The van der Waals surface area contributed by atoms with E-state index in [2.05, 4.69) is 34.6 Å². The van der Waals surface area contributed by atoms with Crippen molar-refractivity contribution in [3.05, 3.63) is 88.2 Å². The summed E-state index contributed by atoms with van der Waals surface area (Å²) in [6, 6.07) is 19.0. The Hall–Kier alpha value is -3.34. The Labute approximate surface area is 144 Å². The van der Waals surface area contributed by atoms with Crippen LogP contribution in [0.1, 0.15) is 17.0 Å². The van der Waals surface area contributed by atoms with Gasteiger partial charge in [0, 0.05) is 24.2 Å². The number of rotatable bonds is 3. The summed E-state index contributed by atoms with van der Waals surface area (Å²) in [5, 5.41) is 2.54. The number of pyridine rings is 1. The van der Waals surface area contributed by atoms with E-state index in [9.17, 15) is 9.59 Å². The number of aromatic amines is 1. The number of anilines is 1. The Balaban J connectivity index is 1.51. The van der Waals surface area contributed by atoms with Crippen LogP contribution in [0.15, 0.2) is 71.7 Å². The van der Waals surface area contributed by atoms with E-state index in [1.165, 1.54) is 29.5 Å². The lowest BCUT2D eigenvalue weighted by molar-refractivity contribution is 0.158. The maximum atomic E-state index is 12.0. The highest BCUT2D eigenvalue weighted by Gasteiger charge is 2.28. The van der Waals surface area contributed by atoms with Crippen LogP contribution >= 0.6 is 0 Å². The summed E-state index contributed by atoms with van der Waals surface area (Å²) < 4.78 is 5.41. The number of H-pyrrole nitrogens is 1. The van der Waals surface area contributed by atoms with Crippen molar-refractivity contribution in [3.63, 3.8) is 0 Å². The molecule has 0 atom stereocenters. The predicted molar refractivity (Wildman–Crippen MR) is 95.8 cm³/mol. The molecule has 0 spiro atoms. The minimum absolute atomic E-state index is 0.00738. The van der Waals surface area contributed by atoms with Gasteiger partial charge in [-0.2, -0.15) is 0 Å². The summed E-state index contributed by atoms with van der Waals surface area (Å²) in [7, 11) is 0. The monoisotopic (exact) mass is 332 g/mol. The molecule has 3 aromatic rings. The minimum atomic E-state index is -0.594. The smallest absolute Gasteiger partial charge is 0.412 e. The third-order valence-electron chi connectivity index (χ3n) is 4.35. The van der Waals surface area contributed by atoms with Crippen LogP contribution in [-0.2, 0) is 4.74 Å². The largest absolute Gasteiger partial charge is 0.448 e. The average molecular weight is 332 g/mol. The maximum Gasteiger partial charge on any atom is 0.412 e. The van der Waals surface area contributed by atoms with Gasteiger partial charge in [-0.3, -0.25) is 10.1 Å². The van der Waals surface area contributed by atoms with Crippen molar-refractivity contribution >= 4 is 11.9 Å². The van der Waals surface area contributed by atoms with Gasteiger partial charge in [0.1, 0.15) is 12.4 Å². The highest BCUT2D eigenvalue weighted by Crippen LogP contribution is 2.44. The molecule has 1 heterocycles. The van der Waals surface area contributed by atoms with Gasteiger partial charge in [-0.05, 0) is 22.3 Å². The van der Waals surface area contributed by atoms with Crippen molar-refractivity contribution in [1.29, 1.82) is 0 Å². The van der Waals surface area contributed by atoms with Crippen LogP contribution in [0.2, 0.25) is 0 Å². The number of carbonyl (C=O) groups is 1. The Kier molecular flexibility index (Phi) is 3.82. The van der Waals surface area contributed by atoms with E-state index in [1.807, 2.05) is 24.3 Å². The Morgan fingerprint density at radius 3 is 2.28 bits per heavy atom. The minimum Gasteiger partial charge on any atom is -0.448 e.